The van der Waals surface area contributed by atoms with Crippen LogP contribution in [-0.2, 0) is 0 Å². The summed E-state index contributed by atoms with van der Waals surface area (Å²) in [5.41, 5.74) is 1.70. The van der Waals surface area contributed by atoms with Crippen LogP contribution in [0.2, 0.25) is 0 Å². The molecule has 0 bridgehead atoms. The third-order valence-corrected chi connectivity index (χ3v) is 2.54. The van der Waals surface area contributed by atoms with E-state index >= 15 is 0 Å². The molecule has 0 aliphatic rings. The highest BCUT2D eigenvalue weighted by atomic mass is 19.1. The lowest BCUT2D eigenvalue weighted by molar-refractivity contribution is 0.387. The average Bonchev–Trinajstić information content (AvgIpc) is 2.38. The summed E-state index contributed by atoms with van der Waals surface area (Å²) < 4.78 is 19.1. The maximum absolute atomic E-state index is 14.1. The van der Waals surface area contributed by atoms with Crippen LogP contribution < -0.4 is 10.1 Å². The van der Waals surface area contributed by atoms with E-state index in [-0.39, 0.29) is 5.75 Å². The molecule has 1 heterocycles. The van der Waals surface area contributed by atoms with Gasteiger partial charge in [0.2, 0.25) is 5.95 Å². The molecule has 0 amide bonds. The van der Waals surface area contributed by atoms with Gasteiger partial charge in [0.25, 0.3) is 0 Å². The van der Waals surface area contributed by atoms with Gasteiger partial charge >= 0.3 is 0 Å². The Morgan fingerprint density at radius 2 is 2.06 bits per heavy atom. The lowest BCUT2D eigenvalue weighted by Gasteiger charge is -2.08. The van der Waals surface area contributed by atoms with Gasteiger partial charge < -0.3 is 10.1 Å². The summed E-state index contributed by atoms with van der Waals surface area (Å²) >= 11 is 0. The molecular formula is C13H14FN3O. The number of ether oxygens (including phenoxy) is 1. The van der Waals surface area contributed by atoms with Crippen LogP contribution in [0.3, 0.4) is 0 Å². The minimum atomic E-state index is -0.417. The SMILES string of the molecule is CNc1nc(C)cc(-c2cccc(OC)c2F)n1. The van der Waals surface area contributed by atoms with E-state index < -0.39 is 5.82 Å². The second-order valence-electron chi connectivity index (χ2n) is 3.79. The third kappa shape index (κ3) is 2.25. The van der Waals surface area contributed by atoms with Gasteiger partial charge in [-0.25, -0.2) is 14.4 Å². The topological polar surface area (TPSA) is 47.0 Å². The molecule has 0 fully saturated rings. The normalized spacial score (nSPS) is 10.2. The first kappa shape index (κ1) is 12.3. The molecule has 0 atom stereocenters. The fourth-order valence-electron chi connectivity index (χ4n) is 1.68. The van der Waals surface area contributed by atoms with Crippen molar-refractivity contribution in [2.24, 2.45) is 0 Å². The number of aryl methyl sites for hydroxylation is 1. The Balaban J connectivity index is 2.58. The van der Waals surface area contributed by atoms with Crippen LogP contribution >= 0.6 is 0 Å². The standard InChI is InChI=1S/C13H14FN3O/c1-8-7-10(17-13(15-2)16-8)9-5-4-6-11(18-3)12(9)14/h4-7H,1-3H3,(H,15,16,17). The van der Waals surface area contributed by atoms with E-state index in [1.165, 1.54) is 7.11 Å². The summed E-state index contributed by atoms with van der Waals surface area (Å²) in [5.74, 6) is 0.252. The van der Waals surface area contributed by atoms with Crippen molar-refractivity contribution in [3.8, 4) is 17.0 Å². The summed E-state index contributed by atoms with van der Waals surface area (Å²) in [6.07, 6.45) is 0. The van der Waals surface area contributed by atoms with E-state index in [2.05, 4.69) is 15.3 Å². The van der Waals surface area contributed by atoms with Crippen molar-refractivity contribution in [2.45, 2.75) is 6.92 Å². The van der Waals surface area contributed by atoms with E-state index in [4.69, 9.17) is 4.74 Å². The number of anilines is 1. The molecule has 1 aromatic heterocycles. The van der Waals surface area contributed by atoms with Crippen molar-refractivity contribution in [1.82, 2.24) is 9.97 Å². The van der Waals surface area contributed by atoms with Crippen molar-refractivity contribution in [1.29, 1.82) is 0 Å². The molecule has 5 heteroatoms. The molecular weight excluding hydrogens is 233 g/mol. The first-order valence-corrected chi connectivity index (χ1v) is 5.52. The van der Waals surface area contributed by atoms with Gasteiger partial charge in [0.15, 0.2) is 11.6 Å². The molecule has 0 saturated heterocycles. The molecule has 1 N–H and O–H groups in total. The Morgan fingerprint density at radius 3 is 2.72 bits per heavy atom. The number of rotatable bonds is 3. The zero-order valence-corrected chi connectivity index (χ0v) is 10.5. The minimum absolute atomic E-state index is 0.203. The highest BCUT2D eigenvalue weighted by Crippen LogP contribution is 2.28. The number of hydrogen-bond acceptors (Lipinski definition) is 4. The highest BCUT2D eigenvalue weighted by Gasteiger charge is 2.12. The number of aromatic nitrogens is 2. The van der Waals surface area contributed by atoms with Gasteiger partial charge in [-0.1, -0.05) is 6.07 Å². The van der Waals surface area contributed by atoms with E-state index in [1.54, 1.807) is 31.3 Å². The van der Waals surface area contributed by atoms with Crippen molar-refractivity contribution in [2.75, 3.05) is 19.5 Å². The van der Waals surface area contributed by atoms with Gasteiger partial charge in [-0.05, 0) is 25.1 Å². The van der Waals surface area contributed by atoms with Gasteiger partial charge in [0.1, 0.15) is 0 Å². The summed E-state index contributed by atoms with van der Waals surface area (Å²) in [7, 11) is 3.16. The van der Waals surface area contributed by atoms with Crippen LogP contribution in [0.25, 0.3) is 11.3 Å². The van der Waals surface area contributed by atoms with Crippen LogP contribution in [0.5, 0.6) is 5.75 Å². The molecule has 0 unspecified atom stereocenters. The second kappa shape index (κ2) is 5.00. The molecule has 4 nitrogen and oxygen atoms in total. The number of benzene rings is 1. The Hall–Kier alpha value is -2.17. The van der Waals surface area contributed by atoms with Crippen LogP contribution in [0, 0.1) is 12.7 Å². The first-order chi connectivity index (χ1) is 8.65. The van der Waals surface area contributed by atoms with Crippen LogP contribution in [-0.4, -0.2) is 24.1 Å². The maximum Gasteiger partial charge on any atom is 0.223 e. The molecule has 0 spiro atoms. The van der Waals surface area contributed by atoms with E-state index in [0.717, 1.165) is 5.69 Å². The molecule has 2 aromatic rings. The Morgan fingerprint density at radius 1 is 1.28 bits per heavy atom. The average molecular weight is 247 g/mol. The van der Waals surface area contributed by atoms with E-state index in [1.807, 2.05) is 6.92 Å². The second-order valence-corrected chi connectivity index (χ2v) is 3.79. The molecule has 2 rings (SSSR count). The molecule has 94 valence electrons. The number of nitrogens with one attached hydrogen (secondary N) is 1. The van der Waals surface area contributed by atoms with Crippen molar-refractivity contribution in [3.05, 3.63) is 35.8 Å². The molecule has 0 aliphatic carbocycles. The zero-order valence-electron chi connectivity index (χ0n) is 10.5. The largest absolute Gasteiger partial charge is 0.494 e. The Labute approximate surface area is 105 Å². The lowest BCUT2D eigenvalue weighted by atomic mass is 10.1. The maximum atomic E-state index is 14.1. The number of methoxy groups -OCH3 is 1. The fraction of sp³-hybridized carbons (Fsp3) is 0.231. The van der Waals surface area contributed by atoms with Crippen molar-refractivity contribution >= 4 is 5.95 Å². The van der Waals surface area contributed by atoms with Gasteiger partial charge in [0, 0.05) is 18.3 Å². The minimum Gasteiger partial charge on any atom is -0.494 e. The van der Waals surface area contributed by atoms with Crippen molar-refractivity contribution in [3.63, 3.8) is 0 Å². The number of hydrogen-bond donors (Lipinski definition) is 1. The fourth-order valence-corrected chi connectivity index (χ4v) is 1.68. The predicted molar refractivity (Wildman–Crippen MR) is 68.3 cm³/mol. The summed E-state index contributed by atoms with van der Waals surface area (Å²) in [5, 5.41) is 2.85. The predicted octanol–water partition coefficient (Wildman–Crippen LogP) is 2.64. The first-order valence-electron chi connectivity index (χ1n) is 5.52. The summed E-state index contributed by atoms with van der Waals surface area (Å²) in [4.78, 5) is 8.41. The number of nitrogens with zero attached hydrogens (tertiary/aromatic N) is 2. The molecule has 0 radical (unpaired) electrons. The molecule has 0 aliphatic heterocycles. The van der Waals surface area contributed by atoms with Gasteiger partial charge in [0.05, 0.1) is 12.8 Å². The zero-order chi connectivity index (χ0) is 13.1. The monoisotopic (exact) mass is 247 g/mol. The Kier molecular flexibility index (Phi) is 3.41. The molecule has 0 saturated carbocycles. The molecule has 18 heavy (non-hydrogen) atoms. The van der Waals surface area contributed by atoms with E-state index in [0.29, 0.717) is 17.2 Å². The van der Waals surface area contributed by atoms with Gasteiger partial charge in [-0.15, -0.1) is 0 Å². The van der Waals surface area contributed by atoms with Crippen LogP contribution in [0.4, 0.5) is 10.3 Å². The van der Waals surface area contributed by atoms with Gasteiger partial charge in [-0.2, -0.15) is 0 Å². The lowest BCUT2D eigenvalue weighted by Crippen LogP contribution is -2.00. The van der Waals surface area contributed by atoms with Crippen LogP contribution in [0.1, 0.15) is 5.69 Å². The summed E-state index contributed by atoms with van der Waals surface area (Å²) in [6, 6.07) is 6.71. The summed E-state index contributed by atoms with van der Waals surface area (Å²) in [6.45, 7) is 1.84. The smallest absolute Gasteiger partial charge is 0.223 e. The Bertz CT molecular complexity index is 572. The van der Waals surface area contributed by atoms with E-state index in [9.17, 15) is 4.39 Å². The highest BCUT2D eigenvalue weighted by molar-refractivity contribution is 5.63. The third-order valence-electron chi connectivity index (χ3n) is 2.54. The molecule has 1 aromatic carbocycles. The van der Waals surface area contributed by atoms with Crippen molar-refractivity contribution < 1.29 is 9.13 Å². The van der Waals surface area contributed by atoms with Gasteiger partial charge in [-0.3, -0.25) is 0 Å². The number of halogens is 1. The van der Waals surface area contributed by atoms with Crippen LogP contribution in [0.15, 0.2) is 24.3 Å². The quantitative estimate of drug-likeness (QED) is 0.905.